The molecule has 1 unspecified atom stereocenters. The van der Waals surface area contributed by atoms with Gasteiger partial charge in [-0.3, -0.25) is 14.6 Å². The zero-order chi connectivity index (χ0) is 10.4. The average Bonchev–Trinajstić information content (AvgIpc) is 2.09. The van der Waals surface area contributed by atoms with Crippen LogP contribution in [0.5, 0.6) is 0 Å². The van der Waals surface area contributed by atoms with Gasteiger partial charge in [-0.1, -0.05) is 0 Å². The van der Waals surface area contributed by atoms with Crippen molar-refractivity contribution in [3.63, 3.8) is 0 Å². The van der Waals surface area contributed by atoms with Crippen molar-refractivity contribution in [1.82, 2.24) is 9.80 Å². The number of hydrogen-bond donors (Lipinski definition) is 0. The third-order valence-electron chi connectivity index (χ3n) is 1.82. The monoisotopic (exact) mass is 196 g/mol. The normalized spacial score (nSPS) is 28.2. The first kappa shape index (κ1) is 9.82. The molecule has 0 saturated carbocycles. The Bertz CT molecular complexity index is 269. The Hall–Kier alpha value is -1.27. The fourth-order valence-electron chi connectivity index (χ4n) is 0.989. The maximum atomic E-state index is 12.7. The summed E-state index contributed by atoms with van der Waals surface area (Å²) in [6, 6.07) is -1.08. The molecule has 0 aliphatic carbocycles. The number of carbonyl (C=O) groups is 2. The molecule has 1 heterocycles. The quantitative estimate of drug-likeness (QED) is 0.527. The molecule has 13 heavy (non-hydrogen) atoms. The molecule has 1 aliphatic heterocycles. The van der Waals surface area contributed by atoms with Crippen LogP contribution >= 0.6 is 0 Å². The molecule has 0 aromatic heterocycles. The van der Waals surface area contributed by atoms with Crippen molar-refractivity contribution in [2.45, 2.75) is 12.2 Å². The maximum absolute atomic E-state index is 12.7. The van der Waals surface area contributed by atoms with Crippen LogP contribution in [0.25, 0.3) is 0 Å². The Morgan fingerprint density at radius 2 is 1.77 bits per heavy atom. The zero-order valence-electron chi connectivity index (χ0n) is 6.92. The summed E-state index contributed by atoms with van der Waals surface area (Å²) in [4.78, 5) is 22.0. The third kappa shape index (κ3) is 1.14. The van der Waals surface area contributed by atoms with E-state index in [9.17, 15) is 22.8 Å². The van der Waals surface area contributed by atoms with Gasteiger partial charge in [-0.25, -0.2) is 9.18 Å². The van der Waals surface area contributed by atoms with E-state index in [0.717, 1.165) is 14.1 Å². The van der Waals surface area contributed by atoms with Crippen LogP contribution < -0.4 is 0 Å². The van der Waals surface area contributed by atoms with E-state index in [2.05, 4.69) is 0 Å². The van der Waals surface area contributed by atoms with Crippen LogP contribution in [0.2, 0.25) is 0 Å². The molecule has 1 rings (SSSR count). The molecule has 1 saturated heterocycles. The number of halogens is 3. The van der Waals surface area contributed by atoms with Crippen molar-refractivity contribution >= 4 is 11.9 Å². The van der Waals surface area contributed by atoms with Gasteiger partial charge in [-0.05, 0) is 0 Å². The van der Waals surface area contributed by atoms with E-state index in [1.54, 1.807) is 0 Å². The number of hydrogen-bond acceptors (Lipinski definition) is 2. The Morgan fingerprint density at radius 3 is 2.23 bits per heavy atom. The lowest BCUT2D eigenvalue weighted by Crippen LogP contribution is -2.63. The average molecular weight is 196 g/mol. The summed E-state index contributed by atoms with van der Waals surface area (Å²) in [7, 11) is 1.74. The number of rotatable bonds is 0. The molecule has 0 aromatic rings. The summed E-state index contributed by atoms with van der Waals surface area (Å²) in [5.41, 5.74) is 0. The number of imide groups is 1. The van der Waals surface area contributed by atoms with Crippen LogP contribution in [-0.2, 0) is 4.79 Å². The number of urea groups is 1. The molecule has 3 amide bonds. The molecule has 0 spiro atoms. The van der Waals surface area contributed by atoms with E-state index in [1.807, 2.05) is 0 Å². The predicted octanol–water partition coefficient (Wildman–Crippen LogP) is 0.441. The van der Waals surface area contributed by atoms with Crippen molar-refractivity contribution in [3.8, 4) is 0 Å². The first-order valence-corrected chi connectivity index (χ1v) is 3.37. The molecule has 0 radical (unpaired) electrons. The van der Waals surface area contributed by atoms with Crippen molar-refractivity contribution in [1.29, 1.82) is 0 Å². The van der Waals surface area contributed by atoms with Crippen LogP contribution in [-0.4, -0.2) is 48.1 Å². The summed E-state index contributed by atoms with van der Waals surface area (Å²) >= 11 is 0. The van der Waals surface area contributed by atoms with Gasteiger partial charge in [0.1, 0.15) is 0 Å². The van der Waals surface area contributed by atoms with E-state index in [-0.39, 0.29) is 9.80 Å². The summed E-state index contributed by atoms with van der Waals surface area (Å²) in [6.07, 6.45) is -2.89. The van der Waals surface area contributed by atoms with Crippen molar-refractivity contribution < 1.29 is 22.8 Å². The minimum Gasteiger partial charge on any atom is -0.291 e. The standard InChI is InChI=1S/C6H7F3N2O2/c1-10-3(7)6(8,9)4(12)11(2)5(10)13/h3H,1-2H3. The van der Waals surface area contributed by atoms with Crippen LogP contribution in [0.3, 0.4) is 0 Å². The molecule has 1 fully saturated rings. The van der Waals surface area contributed by atoms with Crippen LogP contribution in [0.15, 0.2) is 0 Å². The van der Waals surface area contributed by atoms with Gasteiger partial charge in [-0.15, -0.1) is 0 Å². The molecule has 4 nitrogen and oxygen atoms in total. The van der Waals surface area contributed by atoms with Gasteiger partial charge in [0, 0.05) is 14.1 Å². The van der Waals surface area contributed by atoms with Crippen molar-refractivity contribution in [2.24, 2.45) is 0 Å². The van der Waals surface area contributed by atoms with Gasteiger partial charge in [0.15, 0.2) is 0 Å². The number of nitrogens with zero attached hydrogens (tertiary/aromatic N) is 2. The second-order valence-corrected chi connectivity index (χ2v) is 2.72. The molecule has 74 valence electrons. The Kier molecular flexibility index (Phi) is 1.97. The lowest BCUT2D eigenvalue weighted by molar-refractivity contribution is -0.183. The highest BCUT2D eigenvalue weighted by atomic mass is 19.3. The molecule has 0 bridgehead atoms. The second kappa shape index (κ2) is 2.61. The highest BCUT2D eigenvalue weighted by Crippen LogP contribution is 2.30. The van der Waals surface area contributed by atoms with E-state index in [1.165, 1.54) is 0 Å². The minimum absolute atomic E-state index is 0.182. The Balaban J connectivity index is 3.07. The zero-order valence-corrected chi connectivity index (χ0v) is 6.92. The smallest absolute Gasteiger partial charge is 0.291 e. The first-order valence-electron chi connectivity index (χ1n) is 3.37. The molecule has 1 atom stereocenters. The van der Waals surface area contributed by atoms with E-state index in [4.69, 9.17) is 0 Å². The Labute approximate surface area is 71.9 Å². The summed E-state index contributed by atoms with van der Waals surface area (Å²) in [5.74, 6) is -5.97. The van der Waals surface area contributed by atoms with Gasteiger partial charge >= 0.3 is 17.9 Å². The molecule has 0 N–H and O–H groups in total. The van der Waals surface area contributed by atoms with Gasteiger partial charge in [0.2, 0.25) is 6.30 Å². The fraction of sp³-hybridized carbons (Fsp3) is 0.667. The summed E-state index contributed by atoms with van der Waals surface area (Å²) in [6.45, 7) is 0. The molecule has 7 heteroatoms. The molecule has 0 aromatic carbocycles. The second-order valence-electron chi connectivity index (χ2n) is 2.72. The summed E-state index contributed by atoms with van der Waals surface area (Å²) in [5, 5.41) is 0. The molecule has 1 aliphatic rings. The van der Waals surface area contributed by atoms with Gasteiger partial charge < -0.3 is 0 Å². The fourth-order valence-corrected chi connectivity index (χ4v) is 0.989. The SMILES string of the molecule is CN1C(=O)N(C)C(F)C(F)(F)C1=O. The van der Waals surface area contributed by atoms with Crippen LogP contribution in [0, 0.1) is 0 Å². The minimum atomic E-state index is -4.16. The van der Waals surface area contributed by atoms with Crippen molar-refractivity contribution in [2.75, 3.05) is 14.1 Å². The Morgan fingerprint density at radius 1 is 1.31 bits per heavy atom. The number of alkyl halides is 3. The largest absolute Gasteiger partial charge is 0.373 e. The predicted molar refractivity (Wildman–Crippen MR) is 35.8 cm³/mol. The highest BCUT2D eigenvalue weighted by Gasteiger charge is 2.58. The van der Waals surface area contributed by atoms with E-state index >= 15 is 0 Å². The van der Waals surface area contributed by atoms with Crippen molar-refractivity contribution in [3.05, 3.63) is 0 Å². The maximum Gasteiger partial charge on any atom is 0.373 e. The van der Waals surface area contributed by atoms with E-state index in [0.29, 0.717) is 0 Å². The van der Waals surface area contributed by atoms with Gasteiger partial charge in [0.05, 0.1) is 0 Å². The number of amides is 3. The van der Waals surface area contributed by atoms with Gasteiger partial charge in [-0.2, -0.15) is 8.78 Å². The molecular formula is C6H7F3N2O2. The topological polar surface area (TPSA) is 40.6 Å². The highest BCUT2D eigenvalue weighted by molar-refractivity contribution is 6.00. The lowest BCUT2D eigenvalue weighted by atomic mass is 10.2. The summed E-state index contributed by atoms with van der Waals surface area (Å²) < 4.78 is 38.1. The molecular weight excluding hydrogens is 189 g/mol. The lowest BCUT2D eigenvalue weighted by Gasteiger charge is -2.36. The number of carbonyl (C=O) groups excluding carboxylic acids is 2. The first-order chi connectivity index (χ1) is 5.80. The van der Waals surface area contributed by atoms with Crippen LogP contribution in [0.1, 0.15) is 0 Å². The van der Waals surface area contributed by atoms with Crippen LogP contribution in [0.4, 0.5) is 18.0 Å². The van der Waals surface area contributed by atoms with Gasteiger partial charge in [0.25, 0.3) is 0 Å². The third-order valence-corrected chi connectivity index (χ3v) is 1.82. The van der Waals surface area contributed by atoms with E-state index < -0.39 is 24.2 Å².